The second kappa shape index (κ2) is 6.53. The van der Waals surface area contributed by atoms with Crippen molar-refractivity contribution in [2.24, 2.45) is 5.92 Å². The largest absolute Gasteiger partial charge is 0.316 e. The third kappa shape index (κ3) is 4.00. The van der Waals surface area contributed by atoms with E-state index in [2.05, 4.69) is 44.3 Å². The van der Waals surface area contributed by atoms with Gasteiger partial charge in [0.1, 0.15) is 0 Å². The summed E-state index contributed by atoms with van der Waals surface area (Å²) in [5.74, 6) is 0.681. The molecule has 0 amide bonds. The number of hydrogen-bond acceptors (Lipinski definition) is 2. The standard InChI is InChI=1S/C13H20ClNS/c1-9(2)10(3)16-12-6-5-11(8-15-4)13(14)7-12/h5-7,9-10,15H,8H2,1-4H3. The average Bonchev–Trinajstić information content (AvgIpc) is 2.22. The first-order chi connectivity index (χ1) is 7.54. The first kappa shape index (κ1) is 13.9. The van der Waals surface area contributed by atoms with Crippen LogP contribution in [0.1, 0.15) is 26.3 Å². The number of nitrogens with one attached hydrogen (secondary N) is 1. The molecule has 16 heavy (non-hydrogen) atoms. The van der Waals surface area contributed by atoms with Crippen molar-refractivity contribution in [3.63, 3.8) is 0 Å². The topological polar surface area (TPSA) is 12.0 Å². The van der Waals surface area contributed by atoms with Gasteiger partial charge in [0.05, 0.1) is 0 Å². The van der Waals surface area contributed by atoms with Gasteiger partial charge in [0.15, 0.2) is 0 Å². The Labute approximate surface area is 108 Å². The molecule has 3 heteroatoms. The molecule has 1 aromatic carbocycles. The molecule has 0 aliphatic rings. The first-order valence-electron chi connectivity index (χ1n) is 5.64. The van der Waals surface area contributed by atoms with Crippen LogP contribution in [0, 0.1) is 5.92 Å². The number of rotatable bonds is 5. The van der Waals surface area contributed by atoms with Gasteiger partial charge < -0.3 is 5.32 Å². The second-order valence-corrected chi connectivity index (χ2v) is 6.21. The number of benzene rings is 1. The van der Waals surface area contributed by atoms with E-state index in [9.17, 15) is 0 Å². The predicted molar refractivity (Wildman–Crippen MR) is 74.4 cm³/mol. The molecule has 0 bridgehead atoms. The lowest BCUT2D eigenvalue weighted by molar-refractivity contribution is 0.642. The van der Waals surface area contributed by atoms with Crippen molar-refractivity contribution < 1.29 is 0 Å². The van der Waals surface area contributed by atoms with Crippen molar-refractivity contribution in [1.29, 1.82) is 0 Å². The van der Waals surface area contributed by atoms with Crippen molar-refractivity contribution >= 4 is 23.4 Å². The predicted octanol–water partition coefficient (Wildman–Crippen LogP) is 4.20. The molecule has 0 heterocycles. The van der Waals surface area contributed by atoms with Crippen LogP contribution in [0.15, 0.2) is 23.1 Å². The maximum Gasteiger partial charge on any atom is 0.0462 e. The zero-order valence-electron chi connectivity index (χ0n) is 10.4. The van der Waals surface area contributed by atoms with Gasteiger partial charge in [-0.15, -0.1) is 11.8 Å². The van der Waals surface area contributed by atoms with E-state index in [1.54, 1.807) is 0 Å². The van der Waals surface area contributed by atoms with Gasteiger partial charge in [-0.25, -0.2) is 0 Å². The van der Waals surface area contributed by atoms with Crippen LogP contribution in [-0.4, -0.2) is 12.3 Å². The summed E-state index contributed by atoms with van der Waals surface area (Å²) < 4.78 is 0. The molecule has 0 aliphatic carbocycles. The van der Waals surface area contributed by atoms with E-state index in [0.29, 0.717) is 11.2 Å². The van der Waals surface area contributed by atoms with E-state index in [-0.39, 0.29) is 0 Å². The van der Waals surface area contributed by atoms with Crippen LogP contribution in [0.3, 0.4) is 0 Å². The Hall–Kier alpha value is -0.180. The summed E-state index contributed by atoms with van der Waals surface area (Å²) >= 11 is 8.11. The molecule has 1 rings (SSSR count). The Morgan fingerprint density at radius 3 is 2.50 bits per heavy atom. The maximum absolute atomic E-state index is 6.22. The van der Waals surface area contributed by atoms with Gasteiger partial charge in [0.25, 0.3) is 0 Å². The van der Waals surface area contributed by atoms with Gasteiger partial charge in [0.2, 0.25) is 0 Å². The van der Waals surface area contributed by atoms with Crippen molar-refractivity contribution in [3.05, 3.63) is 28.8 Å². The number of hydrogen-bond donors (Lipinski definition) is 1. The van der Waals surface area contributed by atoms with Gasteiger partial charge >= 0.3 is 0 Å². The summed E-state index contributed by atoms with van der Waals surface area (Å²) in [4.78, 5) is 1.26. The van der Waals surface area contributed by atoms with Crippen LogP contribution in [0.25, 0.3) is 0 Å². The molecule has 0 fully saturated rings. The second-order valence-electron chi connectivity index (χ2n) is 4.35. The molecule has 0 spiro atoms. The van der Waals surface area contributed by atoms with Gasteiger partial charge in [0, 0.05) is 21.7 Å². The summed E-state index contributed by atoms with van der Waals surface area (Å²) in [5.41, 5.74) is 1.16. The molecular weight excluding hydrogens is 238 g/mol. The maximum atomic E-state index is 6.22. The quantitative estimate of drug-likeness (QED) is 0.794. The van der Waals surface area contributed by atoms with Crippen LogP contribution in [0.5, 0.6) is 0 Å². The molecule has 90 valence electrons. The third-order valence-corrected chi connectivity index (χ3v) is 4.45. The summed E-state index contributed by atoms with van der Waals surface area (Å²) in [5, 5.41) is 4.59. The lowest BCUT2D eigenvalue weighted by atomic mass is 10.2. The zero-order chi connectivity index (χ0) is 12.1. The fourth-order valence-corrected chi connectivity index (χ4v) is 2.63. The highest BCUT2D eigenvalue weighted by Crippen LogP contribution is 2.30. The van der Waals surface area contributed by atoms with Crippen LogP contribution in [0.4, 0.5) is 0 Å². The normalized spacial score (nSPS) is 13.1. The van der Waals surface area contributed by atoms with Crippen molar-refractivity contribution in [2.45, 2.75) is 37.5 Å². The van der Waals surface area contributed by atoms with E-state index in [0.717, 1.165) is 17.1 Å². The molecule has 0 aliphatic heterocycles. The van der Waals surface area contributed by atoms with Crippen LogP contribution in [-0.2, 0) is 6.54 Å². The molecule has 1 aromatic rings. The molecular formula is C13H20ClNS. The summed E-state index contributed by atoms with van der Waals surface area (Å²) in [6.45, 7) is 7.57. The first-order valence-corrected chi connectivity index (χ1v) is 6.90. The van der Waals surface area contributed by atoms with E-state index in [4.69, 9.17) is 11.6 Å². The van der Waals surface area contributed by atoms with Crippen LogP contribution < -0.4 is 5.32 Å². The lowest BCUT2D eigenvalue weighted by Gasteiger charge is -2.15. The van der Waals surface area contributed by atoms with Crippen LogP contribution in [0.2, 0.25) is 5.02 Å². The van der Waals surface area contributed by atoms with E-state index >= 15 is 0 Å². The fourth-order valence-electron chi connectivity index (χ4n) is 1.29. The number of halogens is 1. The molecule has 1 nitrogen and oxygen atoms in total. The smallest absolute Gasteiger partial charge is 0.0462 e. The molecule has 1 unspecified atom stereocenters. The SMILES string of the molecule is CNCc1ccc(SC(C)C(C)C)cc1Cl. The van der Waals surface area contributed by atoms with E-state index in [1.807, 2.05) is 18.8 Å². The Morgan fingerprint density at radius 1 is 1.31 bits per heavy atom. The monoisotopic (exact) mass is 257 g/mol. The molecule has 0 saturated heterocycles. The Balaban J connectivity index is 2.73. The van der Waals surface area contributed by atoms with Gasteiger partial charge in [-0.3, -0.25) is 0 Å². The summed E-state index contributed by atoms with van der Waals surface area (Å²) in [6.07, 6.45) is 0. The summed E-state index contributed by atoms with van der Waals surface area (Å²) in [7, 11) is 1.93. The minimum Gasteiger partial charge on any atom is -0.316 e. The average molecular weight is 258 g/mol. The molecule has 0 saturated carbocycles. The van der Waals surface area contributed by atoms with Crippen molar-refractivity contribution in [1.82, 2.24) is 5.32 Å². The molecule has 1 atom stereocenters. The van der Waals surface area contributed by atoms with Crippen molar-refractivity contribution in [3.8, 4) is 0 Å². The highest BCUT2D eigenvalue weighted by Gasteiger charge is 2.09. The third-order valence-electron chi connectivity index (χ3n) is 2.65. The minimum atomic E-state index is 0.617. The highest BCUT2D eigenvalue weighted by atomic mass is 35.5. The fraction of sp³-hybridized carbons (Fsp3) is 0.538. The van der Waals surface area contributed by atoms with E-state index in [1.165, 1.54) is 4.90 Å². The van der Waals surface area contributed by atoms with Crippen molar-refractivity contribution in [2.75, 3.05) is 7.05 Å². The zero-order valence-corrected chi connectivity index (χ0v) is 12.0. The molecule has 0 radical (unpaired) electrons. The summed E-state index contributed by atoms with van der Waals surface area (Å²) in [6, 6.07) is 6.33. The lowest BCUT2D eigenvalue weighted by Crippen LogP contribution is -2.06. The molecule has 0 aromatic heterocycles. The van der Waals surface area contributed by atoms with Gasteiger partial charge in [-0.1, -0.05) is 38.4 Å². The Bertz CT molecular complexity index is 339. The van der Waals surface area contributed by atoms with E-state index < -0.39 is 0 Å². The van der Waals surface area contributed by atoms with Gasteiger partial charge in [-0.05, 0) is 30.7 Å². The van der Waals surface area contributed by atoms with Crippen LogP contribution >= 0.6 is 23.4 Å². The van der Waals surface area contributed by atoms with Gasteiger partial charge in [-0.2, -0.15) is 0 Å². The highest BCUT2D eigenvalue weighted by molar-refractivity contribution is 8.00. The number of thioether (sulfide) groups is 1. The Kier molecular flexibility index (Phi) is 5.67. The molecule has 1 N–H and O–H groups in total. The minimum absolute atomic E-state index is 0.617. The Morgan fingerprint density at radius 2 is 2.00 bits per heavy atom.